The van der Waals surface area contributed by atoms with Crippen LogP contribution in [-0.4, -0.2) is 38.3 Å². The van der Waals surface area contributed by atoms with Crippen LogP contribution in [0.1, 0.15) is 49.1 Å². The van der Waals surface area contributed by atoms with Gasteiger partial charge in [-0.2, -0.15) is 0 Å². The molecule has 10 heteroatoms. The second-order valence-corrected chi connectivity index (χ2v) is 8.21. The first-order valence-electron chi connectivity index (χ1n) is 9.96. The molecule has 1 heterocycles. The van der Waals surface area contributed by atoms with Gasteiger partial charge in [0, 0.05) is 29.8 Å². The summed E-state index contributed by atoms with van der Waals surface area (Å²) >= 11 is 1.24. The molecule has 9 nitrogen and oxygen atoms in total. The van der Waals surface area contributed by atoms with Gasteiger partial charge in [-0.15, -0.1) is 10.2 Å². The quantitative estimate of drug-likeness (QED) is 0.184. The van der Waals surface area contributed by atoms with Gasteiger partial charge in [-0.05, 0) is 32.9 Å². The SMILES string of the molecule is COc1cccc(OC(C)c2nnc(SCC(=O)c3cccc([N+](=O)[O-])c3)n2C(C)C)c1. The highest BCUT2D eigenvalue weighted by molar-refractivity contribution is 7.99. The number of methoxy groups -OCH3 is 1. The fourth-order valence-electron chi connectivity index (χ4n) is 3.09. The van der Waals surface area contributed by atoms with Crippen LogP contribution in [0.25, 0.3) is 0 Å². The van der Waals surface area contributed by atoms with E-state index in [1.807, 2.05) is 43.5 Å². The minimum atomic E-state index is -0.519. The average molecular weight is 457 g/mol. The molecule has 0 fully saturated rings. The third kappa shape index (κ3) is 5.44. The van der Waals surface area contributed by atoms with Crippen molar-refractivity contribution >= 4 is 23.2 Å². The Labute approximate surface area is 189 Å². The lowest BCUT2D eigenvalue weighted by atomic mass is 10.1. The fourth-order valence-corrected chi connectivity index (χ4v) is 4.06. The summed E-state index contributed by atoms with van der Waals surface area (Å²) in [6, 6.07) is 13.0. The first-order chi connectivity index (χ1) is 15.3. The number of hydrogen-bond acceptors (Lipinski definition) is 8. The van der Waals surface area contributed by atoms with Gasteiger partial charge >= 0.3 is 0 Å². The number of ether oxygens (including phenoxy) is 2. The monoisotopic (exact) mass is 456 g/mol. The van der Waals surface area contributed by atoms with Gasteiger partial charge in [0.2, 0.25) is 0 Å². The van der Waals surface area contributed by atoms with E-state index in [4.69, 9.17) is 9.47 Å². The lowest BCUT2D eigenvalue weighted by molar-refractivity contribution is -0.384. The van der Waals surface area contributed by atoms with Gasteiger partial charge in [0.1, 0.15) is 11.5 Å². The van der Waals surface area contributed by atoms with Crippen molar-refractivity contribution in [3.05, 3.63) is 70.0 Å². The molecule has 3 rings (SSSR count). The van der Waals surface area contributed by atoms with Crippen LogP contribution in [0.5, 0.6) is 11.5 Å². The van der Waals surface area contributed by atoms with Crippen molar-refractivity contribution in [1.82, 2.24) is 14.8 Å². The van der Waals surface area contributed by atoms with E-state index in [1.165, 1.54) is 30.0 Å². The van der Waals surface area contributed by atoms with E-state index < -0.39 is 4.92 Å². The van der Waals surface area contributed by atoms with E-state index in [-0.39, 0.29) is 34.9 Å². The van der Waals surface area contributed by atoms with Crippen LogP contribution in [0.3, 0.4) is 0 Å². The van der Waals surface area contributed by atoms with Gasteiger partial charge < -0.3 is 14.0 Å². The highest BCUT2D eigenvalue weighted by atomic mass is 32.2. The van der Waals surface area contributed by atoms with Gasteiger partial charge in [0.15, 0.2) is 22.9 Å². The lowest BCUT2D eigenvalue weighted by Crippen LogP contribution is -2.14. The first kappa shape index (κ1) is 23.3. The van der Waals surface area contributed by atoms with Crippen molar-refractivity contribution < 1.29 is 19.2 Å². The standard InChI is InChI=1S/C22H24N4O5S/c1-14(2)25-21(15(3)31-19-10-6-9-18(12-19)30-4)23-24-22(25)32-13-20(27)16-7-5-8-17(11-16)26(28)29/h5-12,14-15H,13H2,1-4H3. The number of nitrogens with zero attached hydrogens (tertiary/aromatic N) is 4. The predicted octanol–water partition coefficient (Wildman–Crippen LogP) is 4.89. The molecule has 0 aliphatic carbocycles. The third-order valence-electron chi connectivity index (χ3n) is 4.64. The van der Waals surface area contributed by atoms with Crippen molar-refractivity contribution in [2.75, 3.05) is 12.9 Å². The van der Waals surface area contributed by atoms with Crippen LogP contribution >= 0.6 is 11.8 Å². The normalized spacial score (nSPS) is 11.9. The molecule has 0 radical (unpaired) electrons. The van der Waals surface area contributed by atoms with Gasteiger partial charge in [-0.1, -0.05) is 30.0 Å². The summed E-state index contributed by atoms with van der Waals surface area (Å²) in [5, 5.41) is 20.1. The zero-order valence-electron chi connectivity index (χ0n) is 18.2. The number of nitro groups is 1. The number of aromatic nitrogens is 3. The summed E-state index contributed by atoms with van der Waals surface area (Å²) in [5.41, 5.74) is 0.175. The first-order valence-corrected chi connectivity index (χ1v) is 10.9. The summed E-state index contributed by atoms with van der Waals surface area (Å²) in [5.74, 6) is 1.82. The number of Topliss-reactive ketones (excluding diaryl/α,β-unsaturated/α-hetero) is 1. The minimum absolute atomic E-state index is 0.0341. The molecule has 2 aromatic carbocycles. The number of benzene rings is 2. The molecule has 0 aliphatic heterocycles. The van der Waals surface area contributed by atoms with E-state index in [9.17, 15) is 14.9 Å². The summed E-state index contributed by atoms with van der Waals surface area (Å²) in [6.45, 7) is 5.88. The Morgan fingerprint density at radius 2 is 1.84 bits per heavy atom. The average Bonchev–Trinajstić information content (AvgIpc) is 3.22. The summed E-state index contributed by atoms with van der Waals surface area (Å²) in [7, 11) is 1.59. The molecule has 1 atom stereocenters. The van der Waals surface area contributed by atoms with Crippen LogP contribution in [0, 0.1) is 10.1 Å². The molecule has 0 N–H and O–H groups in total. The minimum Gasteiger partial charge on any atom is -0.497 e. The largest absolute Gasteiger partial charge is 0.497 e. The van der Waals surface area contributed by atoms with E-state index in [1.54, 1.807) is 19.2 Å². The fraction of sp³-hybridized carbons (Fsp3) is 0.318. The smallest absolute Gasteiger partial charge is 0.270 e. The summed E-state index contributed by atoms with van der Waals surface area (Å²) < 4.78 is 13.2. The molecule has 1 aromatic heterocycles. The van der Waals surface area contributed by atoms with Crippen LogP contribution in [0.2, 0.25) is 0 Å². The van der Waals surface area contributed by atoms with Crippen LogP contribution in [-0.2, 0) is 0 Å². The van der Waals surface area contributed by atoms with E-state index in [0.717, 1.165) is 0 Å². The molecular weight excluding hydrogens is 432 g/mol. The lowest BCUT2D eigenvalue weighted by Gasteiger charge is -2.19. The Morgan fingerprint density at radius 1 is 1.12 bits per heavy atom. The Bertz CT molecular complexity index is 1120. The molecule has 168 valence electrons. The van der Waals surface area contributed by atoms with Crippen molar-refractivity contribution in [2.45, 2.75) is 38.1 Å². The molecular formula is C22H24N4O5S. The number of non-ortho nitro benzene ring substituents is 1. The van der Waals surface area contributed by atoms with Crippen molar-refractivity contribution in [3.8, 4) is 11.5 Å². The van der Waals surface area contributed by atoms with Gasteiger partial charge in [0.25, 0.3) is 5.69 Å². The zero-order chi connectivity index (χ0) is 23.3. The molecule has 3 aromatic rings. The van der Waals surface area contributed by atoms with Crippen molar-refractivity contribution in [2.24, 2.45) is 0 Å². The number of carbonyl (C=O) groups is 1. The van der Waals surface area contributed by atoms with E-state index in [2.05, 4.69) is 10.2 Å². The van der Waals surface area contributed by atoms with Gasteiger partial charge in [-0.3, -0.25) is 14.9 Å². The second kappa shape index (κ2) is 10.3. The van der Waals surface area contributed by atoms with E-state index >= 15 is 0 Å². The molecule has 32 heavy (non-hydrogen) atoms. The predicted molar refractivity (Wildman–Crippen MR) is 121 cm³/mol. The van der Waals surface area contributed by atoms with E-state index in [0.29, 0.717) is 22.5 Å². The van der Waals surface area contributed by atoms with Crippen molar-refractivity contribution in [1.29, 1.82) is 0 Å². The molecule has 0 saturated heterocycles. The van der Waals surface area contributed by atoms with Gasteiger partial charge in [-0.25, -0.2) is 0 Å². The molecule has 0 aliphatic rings. The maximum absolute atomic E-state index is 12.6. The van der Waals surface area contributed by atoms with Crippen LogP contribution < -0.4 is 9.47 Å². The number of hydrogen-bond donors (Lipinski definition) is 0. The number of nitro benzene ring substituents is 1. The van der Waals surface area contributed by atoms with Crippen molar-refractivity contribution in [3.63, 3.8) is 0 Å². The van der Waals surface area contributed by atoms with Gasteiger partial charge in [0.05, 0.1) is 17.8 Å². The Kier molecular flexibility index (Phi) is 7.47. The maximum atomic E-state index is 12.6. The zero-order valence-corrected chi connectivity index (χ0v) is 19.0. The Balaban J connectivity index is 1.75. The molecule has 0 saturated carbocycles. The Hall–Kier alpha value is -3.40. The van der Waals surface area contributed by atoms with Crippen LogP contribution in [0.4, 0.5) is 5.69 Å². The third-order valence-corrected chi connectivity index (χ3v) is 5.58. The number of thioether (sulfide) groups is 1. The number of ketones is 1. The number of rotatable bonds is 10. The molecule has 0 bridgehead atoms. The highest BCUT2D eigenvalue weighted by Gasteiger charge is 2.22. The maximum Gasteiger partial charge on any atom is 0.270 e. The molecule has 0 spiro atoms. The Morgan fingerprint density at radius 3 is 2.53 bits per heavy atom. The topological polar surface area (TPSA) is 109 Å². The second-order valence-electron chi connectivity index (χ2n) is 7.26. The highest BCUT2D eigenvalue weighted by Crippen LogP contribution is 2.29. The van der Waals surface area contributed by atoms with Crippen LogP contribution in [0.15, 0.2) is 53.7 Å². The summed E-state index contributed by atoms with van der Waals surface area (Å²) in [4.78, 5) is 23.0. The molecule has 1 unspecified atom stereocenters. The summed E-state index contributed by atoms with van der Waals surface area (Å²) in [6.07, 6.45) is -0.390. The molecule has 0 amide bonds. The number of carbonyl (C=O) groups excluding carboxylic acids is 1.